The molecule has 0 saturated carbocycles. The van der Waals surface area contributed by atoms with Gasteiger partial charge in [0.05, 0.1) is 20.2 Å². The molecule has 11 rings (SSSR count). The molecule has 2 fully saturated rings. The van der Waals surface area contributed by atoms with Crippen molar-refractivity contribution in [2.75, 3.05) is 36.0 Å². The number of imide groups is 2. The Hall–Kier alpha value is -6.02. The largest absolute Gasteiger partial charge is 0.371 e. The number of anilines is 2. The Balaban J connectivity index is 0.000000138. The Bertz CT molecular complexity index is 2790. The van der Waals surface area contributed by atoms with Crippen LogP contribution >= 0.6 is 45.2 Å². The van der Waals surface area contributed by atoms with E-state index in [1.165, 1.54) is 93.5 Å². The number of aromatic nitrogens is 2. The number of piperidine rings is 2. The fourth-order valence-electron chi connectivity index (χ4n) is 9.30. The van der Waals surface area contributed by atoms with E-state index in [0.717, 1.165) is 70.2 Å². The van der Waals surface area contributed by atoms with Crippen LogP contribution in [0.2, 0.25) is 0 Å². The average molecular weight is 1140 g/mol. The van der Waals surface area contributed by atoms with E-state index >= 15 is 0 Å². The molecule has 0 N–H and O–H groups in total. The molecule has 5 aromatic carbocycles. The molecule has 0 spiro atoms. The number of rotatable bonds is 6. The molecule has 7 aromatic rings. The van der Waals surface area contributed by atoms with Crippen molar-refractivity contribution in [1.82, 2.24) is 19.8 Å². The normalized spacial score (nSPS) is 15.6. The van der Waals surface area contributed by atoms with Gasteiger partial charge in [-0.15, -0.1) is 0 Å². The summed E-state index contributed by atoms with van der Waals surface area (Å²) in [6.45, 7) is 4.55. The minimum Gasteiger partial charge on any atom is -0.371 e. The molecule has 16 heteroatoms. The van der Waals surface area contributed by atoms with E-state index in [1.54, 1.807) is 24.8 Å². The molecule has 0 unspecified atom stereocenters. The van der Waals surface area contributed by atoms with Gasteiger partial charge >= 0.3 is 0 Å². The number of hydrogen-bond acceptors (Lipinski definition) is 8. The van der Waals surface area contributed by atoms with Crippen molar-refractivity contribution in [3.05, 3.63) is 174 Å². The van der Waals surface area contributed by atoms with Gasteiger partial charge in [0.2, 0.25) is 0 Å². The second-order valence-corrected chi connectivity index (χ2v) is 19.0. The Morgan fingerprint density at radius 1 is 0.441 bits per heavy atom. The Morgan fingerprint density at radius 2 is 0.794 bits per heavy atom. The third-order valence-electron chi connectivity index (χ3n) is 12.6. The van der Waals surface area contributed by atoms with Crippen LogP contribution < -0.4 is 9.80 Å². The zero-order valence-electron chi connectivity index (χ0n) is 36.5. The van der Waals surface area contributed by atoms with Crippen LogP contribution in [0.15, 0.2) is 110 Å². The minimum atomic E-state index is -1.35. The molecule has 2 saturated heterocycles. The molecule has 4 amide bonds. The molecule has 0 radical (unpaired) electrons. The SMILES string of the molecule is Fc1c(F)c(I)c(F)c(F)c1I.O=C1c2cccc3c(N4CCCCC4)ccc(c23)C(=O)N1Cc1cccnc1.O=C1c2cccc3c(N4CCCCC4)ccc(c23)C(=O)N1Cc1cccnc1. The second kappa shape index (κ2) is 20.3. The van der Waals surface area contributed by atoms with Crippen LogP contribution in [0.25, 0.3) is 21.5 Å². The van der Waals surface area contributed by atoms with Gasteiger partial charge in [-0.1, -0.05) is 36.4 Å². The van der Waals surface area contributed by atoms with Gasteiger partial charge < -0.3 is 9.80 Å². The van der Waals surface area contributed by atoms with Gasteiger partial charge in [-0.05, 0) is 143 Å². The monoisotopic (exact) mass is 1140 g/mol. The maximum Gasteiger partial charge on any atom is 0.261 e. The van der Waals surface area contributed by atoms with E-state index in [2.05, 4.69) is 19.8 Å². The molecule has 68 heavy (non-hydrogen) atoms. The molecule has 2 aromatic heterocycles. The molecule has 4 aliphatic heterocycles. The standard InChI is InChI=1S/2C23H21N3O2.C6F4I2/c2*27-22-18-8-4-7-17-20(25-12-2-1-3-13-25)10-9-19(21(17)18)23(28)26(22)15-16-6-5-11-24-14-16;7-1-2(8)6(12)4(10)3(9)5(1)11/h2*4-11,14H,1-3,12-13,15H2;. The third kappa shape index (κ3) is 9.03. The molecule has 346 valence electrons. The van der Waals surface area contributed by atoms with Crippen LogP contribution in [0.3, 0.4) is 0 Å². The first-order chi connectivity index (χ1) is 32.9. The van der Waals surface area contributed by atoms with Crippen molar-refractivity contribution in [2.45, 2.75) is 51.6 Å². The maximum absolute atomic E-state index is 13.2. The van der Waals surface area contributed by atoms with Crippen molar-refractivity contribution >= 4 is 102 Å². The summed E-state index contributed by atoms with van der Waals surface area (Å²) in [5.74, 6) is -6.33. The van der Waals surface area contributed by atoms with Crippen LogP contribution in [0.5, 0.6) is 0 Å². The number of carbonyl (C=O) groups is 4. The van der Waals surface area contributed by atoms with E-state index in [0.29, 0.717) is 22.3 Å². The van der Waals surface area contributed by atoms with Crippen LogP contribution in [0.4, 0.5) is 28.9 Å². The fraction of sp³-hybridized carbons (Fsp3) is 0.231. The highest BCUT2D eigenvalue weighted by atomic mass is 127. The molecule has 0 atom stereocenters. The number of benzene rings is 5. The van der Waals surface area contributed by atoms with Crippen LogP contribution in [0, 0.1) is 30.4 Å². The summed E-state index contributed by atoms with van der Waals surface area (Å²) in [5, 5.41) is 3.59. The van der Waals surface area contributed by atoms with Crippen molar-refractivity contribution in [2.24, 2.45) is 0 Å². The summed E-state index contributed by atoms with van der Waals surface area (Å²) in [5.41, 5.74) is 6.35. The van der Waals surface area contributed by atoms with E-state index < -0.39 is 30.4 Å². The first-order valence-electron chi connectivity index (χ1n) is 22.2. The molecule has 10 nitrogen and oxygen atoms in total. The van der Waals surface area contributed by atoms with Gasteiger partial charge in [0.25, 0.3) is 23.6 Å². The molecular weight excluding hydrogens is 1100 g/mol. The second-order valence-electron chi connectivity index (χ2n) is 16.8. The number of hydrogen-bond donors (Lipinski definition) is 0. The number of nitrogens with zero attached hydrogens (tertiary/aromatic N) is 6. The summed E-state index contributed by atoms with van der Waals surface area (Å²) in [4.78, 5) is 68.3. The highest BCUT2D eigenvalue weighted by Gasteiger charge is 2.35. The summed E-state index contributed by atoms with van der Waals surface area (Å²) in [7, 11) is 0. The number of carbonyl (C=O) groups excluding carboxylic acids is 4. The van der Waals surface area contributed by atoms with Crippen LogP contribution in [-0.2, 0) is 13.1 Å². The Labute approximate surface area is 416 Å². The van der Waals surface area contributed by atoms with Crippen LogP contribution in [-0.4, -0.2) is 69.6 Å². The number of pyridine rings is 2. The van der Waals surface area contributed by atoms with Gasteiger partial charge in [-0.2, -0.15) is 0 Å². The lowest BCUT2D eigenvalue weighted by Gasteiger charge is -2.32. The third-order valence-corrected chi connectivity index (χ3v) is 14.5. The molecule has 4 aliphatic rings. The number of halogens is 6. The van der Waals surface area contributed by atoms with Crippen LogP contribution in [0.1, 0.15) is 91.1 Å². The maximum atomic E-state index is 13.2. The molecular formula is C52H42F4I2N6O4. The first kappa shape index (κ1) is 47.1. The van der Waals surface area contributed by atoms with E-state index in [-0.39, 0.29) is 36.7 Å². The highest BCUT2D eigenvalue weighted by molar-refractivity contribution is 14.1. The predicted octanol–water partition coefficient (Wildman–Crippen LogP) is 11.5. The van der Waals surface area contributed by atoms with Crippen molar-refractivity contribution in [1.29, 1.82) is 0 Å². The van der Waals surface area contributed by atoms with Gasteiger partial charge in [0, 0.05) is 106 Å². The van der Waals surface area contributed by atoms with Gasteiger partial charge in [-0.3, -0.25) is 38.9 Å². The van der Waals surface area contributed by atoms with Crippen molar-refractivity contribution in [3.63, 3.8) is 0 Å². The Kier molecular flexibility index (Phi) is 14.0. The summed E-state index contributed by atoms with van der Waals surface area (Å²) in [6.07, 6.45) is 14.0. The molecule has 6 heterocycles. The lowest BCUT2D eigenvalue weighted by Crippen LogP contribution is -2.40. The lowest BCUT2D eigenvalue weighted by atomic mass is 9.92. The van der Waals surface area contributed by atoms with Gasteiger partial charge in [0.1, 0.15) is 0 Å². The zero-order valence-corrected chi connectivity index (χ0v) is 40.8. The Morgan fingerprint density at radius 3 is 1.13 bits per heavy atom. The zero-order chi connectivity index (χ0) is 47.6. The summed E-state index contributed by atoms with van der Waals surface area (Å²) in [6, 6.07) is 26.8. The van der Waals surface area contributed by atoms with Crippen molar-refractivity contribution < 1.29 is 36.7 Å². The minimum absolute atomic E-state index is 0.231. The van der Waals surface area contributed by atoms with E-state index in [4.69, 9.17) is 0 Å². The van der Waals surface area contributed by atoms with E-state index in [1.807, 2.05) is 84.9 Å². The predicted molar refractivity (Wildman–Crippen MR) is 269 cm³/mol. The quantitative estimate of drug-likeness (QED) is 0.0533. The fourth-order valence-corrected chi connectivity index (χ4v) is 10.2. The van der Waals surface area contributed by atoms with Crippen molar-refractivity contribution in [3.8, 4) is 0 Å². The summed E-state index contributed by atoms with van der Waals surface area (Å²) < 4.78 is 49.2. The average Bonchev–Trinajstić information content (AvgIpc) is 3.39. The first-order valence-corrected chi connectivity index (χ1v) is 24.4. The topological polar surface area (TPSA) is 107 Å². The summed E-state index contributed by atoms with van der Waals surface area (Å²) >= 11 is 2.41. The molecule has 0 aliphatic carbocycles. The van der Waals surface area contributed by atoms with E-state index in [9.17, 15) is 36.7 Å². The lowest BCUT2D eigenvalue weighted by molar-refractivity contribution is 0.0583. The molecule has 0 bridgehead atoms. The van der Waals surface area contributed by atoms with Gasteiger partial charge in [0.15, 0.2) is 23.3 Å². The number of amides is 4. The smallest absolute Gasteiger partial charge is 0.261 e. The van der Waals surface area contributed by atoms with Gasteiger partial charge in [-0.25, -0.2) is 17.6 Å². The highest BCUT2D eigenvalue weighted by Crippen LogP contribution is 2.39.